The molecule has 29 heavy (non-hydrogen) atoms. The number of hydrogen-bond acceptors (Lipinski definition) is 4. The van der Waals surface area contributed by atoms with E-state index in [1.807, 2.05) is 35.2 Å². The number of piperidine rings is 2. The molecule has 1 atom stereocenters. The number of carbonyl (C=O) groups excluding carboxylic acids is 2. The van der Waals surface area contributed by atoms with E-state index in [0.29, 0.717) is 44.7 Å². The van der Waals surface area contributed by atoms with E-state index < -0.39 is 6.04 Å². The number of hydrogen-bond donors (Lipinski definition) is 1. The second kappa shape index (κ2) is 8.23. The molecule has 1 aromatic heterocycles. The molecule has 2 amide bonds. The van der Waals surface area contributed by atoms with Crippen LogP contribution in [-0.4, -0.2) is 56.0 Å². The van der Waals surface area contributed by atoms with Crippen molar-refractivity contribution in [1.29, 1.82) is 0 Å². The quantitative estimate of drug-likeness (QED) is 0.852. The Hall–Kier alpha value is -2.90. The average Bonchev–Trinajstić information content (AvgIpc) is 3.08. The van der Waals surface area contributed by atoms with E-state index in [1.54, 1.807) is 11.8 Å². The summed E-state index contributed by atoms with van der Waals surface area (Å²) >= 11 is 0. The number of H-pyrrole nitrogens is 1. The van der Waals surface area contributed by atoms with Crippen LogP contribution >= 0.6 is 0 Å². The highest BCUT2D eigenvalue weighted by molar-refractivity contribution is 5.89. The van der Waals surface area contributed by atoms with Crippen molar-refractivity contribution in [2.75, 3.05) is 19.6 Å². The molecule has 0 saturated carbocycles. The van der Waals surface area contributed by atoms with Crippen LogP contribution in [0.15, 0.2) is 35.1 Å². The highest BCUT2D eigenvalue weighted by Crippen LogP contribution is 2.30. The Bertz CT molecular complexity index is 927. The van der Waals surface area contributed by atoms with Gasteiger partial charge in [0.2, 0.25) is 11.8 Å². The van der Waals surface area contributed by atoms with E-state index in [0.717, 1.165) is 18.4 Å². The predicted molar refractivity (Wildman–Crippen MR) is 107 cm³/mol. The summed E-state index contributed by atoms with van der Waals surface area (Å²) < 4.78 is 1.50. The van der Waals surface area contributed by atoms with Gasteiger partial charge >= 0.3 is 5.69 Å². The van der Waals surface area contributed by atoms with E-state index in [4.69, 9.17) is 0 Å². The number of amides is 2. The van der Waals surface area contributed by atoms with Crippen LogP contribution < -0.4 is 5.69 Å². The predicted octanol–water partition coefficient (Wildman–Crippen LogP) is 1.80. The van der Waals surface area contributed by atoms with Gasteiger partial charge in [-0.25, -0.2) is 9.48 Å². The number of aromatic amines is 1. The van der Waals surface area contributed by atoms with Crippen LogP contribution in [0.5, 0.6) is 0 Å². The fraction of sp³-hybridized carbons (Fsp3) is 0.524. The third kappa shape index (κ3) is 3.97. The van der Waals surface area contributed by atoms with Crippen molar-refractivity contribution >= 4 is 11.8 Å². The zero-order valence-corrected chi connectivity index (χ0v) is 16.7. The standard InChI is InChI=1S/C21H27N5O3/c1-15-22-21(29)26(23-15)17-10-13-24(14-11-17)20(28)19(16-7-3-2-4-8-16)25-12-6-5-9-18(25)27/h2-4,7-8,17,19H,5-6,9-14H2,1H3,(H,22,23,29). The highest BCUT2D eigenvalue weighted by atomic mass is 16.2. The van der Waals surface area contributed by atoms with E-state index in [2.05, 4.69) is 10.1 Å². The average molecular weight is 397 g/mol. The summed E-state index contributed by atoms with van der Waals surface area (Å²) in [6.45, 7) is 3.47. The third-order valence-electron chi connectivity index (χ3n) is 5.90. The second-order valence-electron chi connectivity index (χ2n) is 7.87. The molecule has 154 valence electrons. The molecule has 3 heterocycles. The van der Waals surface area contributed by atoms with Gasteiger partial charge in [0.15, 0.2) is 0 Å². The van der Waals surface area contributed by atoms with Crippen molar-refractivity contribution in [2.45, 2.75) is 51.1 Å². The Labute approximate surface area is 169 Å². The molecular weight excluding hydrogens is 370 g/mol. The van der Waals surface area contributed by atoms with Gasteiger partial charge in [-0.2, -0.15) is 5.10 Å². The van der Waals surface area contributed by atoms with Crippen molar-refractivity contribution in [1.82, 2.24) is 24.6 Å². The molecule has 2 aliphatic rings. The smallest absolute Gasteiger partial charge is 0.340 e. The molecule has 0 bridgehead atoms. The van der Waals surface area contributed by atoms with Crippen molar-refractivity contribution in [3.8, 4) is 0 Å². The molecule has 1 N–H and O–H groups in total. The van der Waals surface area contributed by atoms with Crippen LogP contribution in [0.2, 0.25) is 0 Å². The lowest BCUT2D eigenvalue weighted by Gasteiger charge is -2.39. The van der Waals surface area contributed by atoms with Crippen molar-refractivity contribution in [3.05, 3.63) is 52.2 Å². The number of nitrogens with one attached hydrogen (secondary N) is 1. The van der Waals surface area contributed by atoms with Gasteiger partial charge in [0.1, 0.15) is 11.9 Å². The van der Waals surface area contributed by atoms with Crippen molar-refractivity contribution < 1.29 is 9.59 Å². The summed E-state index contributed by atoms with van der Waals surface area (Å²) in [5.74, 6) is 0.614. The molecule has 8 nitrogen and oxygen atoms in total. The van der Waals surface area contributed by atoms with Gasteiger partial charge < -0.3 is 9.80 Å². The zero-order valence-electron chi connectivity index (χ0n) is 16.7. The molecule has 4 rings (SSSR count). The summed E-state index contributed by atoms with van der Waals surface area (Å²) in [7, 11) is 0. The fourth-order valence-electron chi connectivity index (χ4n) is 4.39. The lowest BCUT2D eigenvalue weighted by atomic mass is 9.98. The maximum atomic E-state index is 13.5. The minimum atomic E-state index is -0.573. The van der Waals surface area contributed by atoms with Gasteiger partial charge in [0.05, 0.1) is 6.04 Å². The number of carbonyl (C=O) groups is 2. The minimum Gasteiger partial charge on any atom is -0.340 e. The largest absolute Gasteiger partial charge is 0.343 e. The Morgan fingerprint density at radius 3 is 2.45 bits per heavy atom. The summed E-state index contributed by atoms with van der Waals surface area (Å²) in [5, 5.41) is 4.26. The number of nitrogens with zero attached hydrogens (tertiary/aromatic N) is 4. The van der Waals surface area contributed by atoms with Gasteiger partial charge in [-0.3, -0.25) is 14.6 Å². The summed E-state index contributed by atoms with van der Waals surface area (Å²) in [4.78, 5) is 44.4. The van der Waals surface area contributed by atoms with Crippen molar-refractivity contribution in [2.24, 2.45) is 0 Å². The van der Waals surface area contributed by atoms with Gasteiger partial charge in [-0.15, -0.1) is 0 Å². The van der Waals surface area contributed by atoms with Gasteiger partial charge in [-0.05, 0) is 38.2 Å². The van der Waals surface area contributed by atoms with E-state index in [1.165, 1.54) is 4.68 Å². The van der Waals surface area contributed by atoms with Gasteiger partial charge in [0, 0.05) is 26.1 Å². The monoisotopic (exact) mass is 397 g/mol. The maximum Gasteiger partial charge on any atom is 0.343 e. The lowest BCUT2D eigenvalue weighted by molar-refractivity contribution is -0.148. The maximum absolute atomic E-state index is 13.5. The Morgan fingerprint density at radius 1 is 1.10 bits per heavy atom. The molecular formula is C21H27N5O3. The van der Waals surface area contributed by atoms with Crippen LogP contribution in [0.25, 0.3) is 0 Å². The molecule has 2 fully saturated rings. The van der Waals surface area contributed by atoms with Crippen LogP contribution in [0, 0.1) is 6.92 Å². The summed E-state index contributed by atoms with van der Waals surface area (Å²) in [6, 6.07) is 8.98. The SMILES string of the molecule is Cc1nn(C2CCN(C(=O)C(c3ccccc3)N3CCCCC3=O)CC2)c(=O)[nH]1. The molecule has 0 spiro atoms. The van der Waals surface area contributed by atoms with E-state index in [9.17, 15) is 14.4 Å². The molecule has 1 aromatic carbocycles. The van der Waals surface area contributed by atoms with Crippen LogP contribution in [0.4, 0.5) is 0 Å². The van der Waals surface area contributed by atoms with Gasteiger partial charge in [0.25, 0.3) is 0 Å². The molecule has 2 aliphatic heterocycles. The number of aromatic nitrogens is 3. The third-order valence-corrected chi connectivity index (χ3v) is 5.90. The lowest BCUT2D eigenvalue weighted by Crippen LogP contribution is -2.49. The van der Waals surface area contributed by atoms with E-state index >= 15 is 0 Å². The first-order valence-corrected chi connectivity index (χ1v) is 10.3. The Kier molecular flexibility index (Phi) is 5.51. The van der Waals surface area contributed by atoms with Crippen LogP contribution in [0.3, 0.4) is 0 Å². The van der Waals surface area contributed by atoms with E-state index in [-0.39, 0.29) is 23.5 Å². The summed E-state index contributed by atoms with van der Waals surface area (Å²) in [5.41, 5.74) is 0.655. The molecule has 1 unspecified atom stereocenters. The number of aryl methyl sites for hydroxylation is 1. The Balaban J connectivity index is 1.52. The van der Waals surface area contributed by atoms with Crippen LogP contribution in [0.1, 0.15) is 55.6 Å². The van der Waals surface area contributed by atoms with Crippen molar-refractivity contribution in [3.63, 3.8) is 0 Å². The fourth-order valence-corrected chi connectivity index (χ4v) is 4.39. The first-order valence-electron chi connectivity index (χ1n) is 10.3. The topological polar surface area (TPSA) is 91.3 Å². The molecule has 2 aromatic rings. The minimum absolute atomic E-state index is 0.0108. The van der Waals surface area contributed by atoms with Crippen LogP contribution in [-0.2, 0) is 9.59 Å². The summed E-state index contributed by atoms with van der Waals surface area (Å²) in [6.07, 6.45) is 3.65. The molecule has 2 saturated heterocycles. The number of rotatable bonds is 4. The molecule has 8 heteroatoms. The second-order valence-corrected chi connectivity index (χ2v) is 7.87. The molecule has 0 radical (unpaired) electrons. The number of benzene rings is 1. The first kappa shape index (κ1) is 19.4. The Morgan fingerprint density at radius 2 is 1.83 bits per heavy atom. The van der Waals surface area contributed by atoms with Gasteiger partial charge in [-0.1, -0.05) is 30.3 Å². The highest BCUT2D eigenvalue weighted by Gasteiger charge is 2.36. The number of likely N-dealkylation sites (tertiary alicyclic amines) is 2. The normalized spacial score (nSPS) is 19.4. The zero-order chi connectivity index (χ0) is 20.4. The first-order chi connectivity index (χ1) is 14.0. The molecule has 0 aliphatic carbocycles.